The molecule has 1 atom stereocenters. The van der Waals surface area contributed by atoms with Gasteiger partial charge in [-0.2, -0.15) is 0 Å². The lowest BCUT2D eigenvalue weighted by molar-refractivity contribution is -0.141. The molecule has 1 aliphatic heterocycles. The van der Waals surface area contributed by atoms with Crippen molar-refractivity contribution in [3.63, 3.8) is 0 Å². The third-order valence-corrected chi connectivity index (χ3v) is 4.24. The number of nitrogens with one attached hydrogen (secondary N) is 1. The summed E-state index contributed by atoms with van der Waals surface area (Å²) in [5.74, 6) is 0.0200. The predicted octanol–water partition coefficient (Wildman–Crippen LogP) is 1.72. The predicted molar refractivity (Wildman–Crippen MR) is 86.6 cm³/mol. The minimum absolute atomic E-state index is 0.159. The summed E-state index contributed by atoms with van der Waals surface area (Å²) in [6.07, 6.45) is 0.523. The number of amides is 3. The van der Waals surface area contributed by atoms with Crippen molar-refractivity contribution in [1.82, 2.24) is 10.2 Å². The fourth-order valence-electron chi connectivity index (χ4n) is 2.77. The summed E-state index contributed by atoms with van der Waals surface area (Å²) in [4.78, 5) is 37.2. The molecule has 1 N–H and O–H groups in total. The maximum Gasteiger partial charge on any atom is 0.325 e. The van der Waals surface area contributed by atoms with E-state index in [2.05, 4.69) is 10.1 Å². The quantitative estimate of drug-likeness (QED) is 0.632. The minimum Gasteiger partial charge on any atom is -0.496 e. The Hall–Kier alpha value is -2.57. The number of hydrogen-bond donors (Lipinski definition) is 1. The van der Waals surface area contributed by atoms with Crippen LogP contribution in [0.5, 0.6) is 5.75 Å². The number of carbonyl (C=O) groups is 3. The number of aryl methyl sites for hydroxylation is 1. The lowest BCUT2D eigenvalue weighted by Gasteiger charge is -2.23. The average molecular weight is 334 g/mol. The van der Waals surface area contributed by atoms with Gasteiger partial charge in [0.1, 0.15) is 11.3 Å². The van der Waals surface area contributed by atoms with Crippen molar-refractivity contribution >= 4 is 17.9 Å². The number of hydrogen-bond acceptors (Lipinski definition) is 5. The molecular weight excluding hydrogens is 312 g/mol. The smallest absolute Gasteiger partial charge is 0.325 e. The Kier molecular flexibility index (Phi) is 5.11. The molecule has 130 valence electrons. The highest BCUT2D eigenvalue weighted by Gasteiger charge is 2.48. The molecule has 1 aromatic rings. The Balaban J connectivity index is 2.16. The fourth-order valence-corrected chi connectivity index (χ4v) is 2.77. The molecule has 1 fully saturated rings. The van der Waals surface area contributed by atoms with Gasteiger partial charge < -0.3 is 14.8 Å². The zero-order chi connectivity index (χ0) is 17.9. The lowest BCUT2D eigenvalue weighted by atomic mass is 9.90. The molecule has 0 aromatic heterocycles. The first kappa shape index (κ1) is 17.8. The summed E-state index contributed by atoms with van der Waals surface area (Å²) in [6, 6.07) is 4.91. The number of carbonyl (C=O) groups excluding carboxylic acids is 3. The van der Waals surface area contributed by atoms with Gasteiger partial charge in [0.15, 0.2) is 0 Å². The summed E-state index contributed by atoms with van der Waals surface area (Å²) in [5, 5.41) is 2.74. The number of ether oxygens (including phenoxy) is 2. The number of nitrogens with zero attached hydrogens (tertiary/aromatic N) is 1. The average Bonchev–Trinajstić information content (AvgIpc) is 2.78. The van der Waals surface area contributed by atoms with Crippen LogP contribution in [0.1, 0.15) is 30.9 Å². The first-order valence-electron chi connectivity index (χ1n) is 7.69. The van der Waals surface area contributed by atoms with Crippen molar-refractivity contribution in [2.75, 3.05) is 20.8 Å². The molecule has 0 saturated carbocycles. The maximum absolute atomic E-state index is 12.7. The number of rotatable bonds is 6. The Bertz CT molecular complexity index is 673. The summed E-state index contributed by atoms with van der Waals surface area (Å²) >= 11 is 0. The largest absolute Gasteiger partial charge is 0.496 e. The second-order valence-corrected chi connectivity index (χ2v) is 5.88. The zero-order valence-corrected chi connectivity index (χ0v) is 14.3. The van der Waals surface area contributed by atoms with Crippen LogP contribution in [0, 0.1) is 6.92 Å². The molecule has 3 amide bonds. The van der Waals surface area contributed by atoms with Gasteiger partial charge in [0.2, 0.25) is 0 Å². The summed E-state index contributed by atoms with van der Waals surface area (Å²) < 4.78 is 9.78. The molecule has 7 heteroatoms. The van der Waals surface area contributed by atoms with Crippen molar-refractivity contribution < 1.29 is 23.9 Å². The highest BCUT2D eigenvalue weighted by atomic mass is 16.5. The van der Waals surface area contributed by atoms with E-state index in [1.165, 1.54) is 7.11 Å². The zero-order valence-electron chi connectivity index (χ0n) is 14.3. The normalized spacial score (nSPS) is 20.1. The van der Waals surface area contributed by atoms with Crippen LogP contribution in [0.2, 0.25) is 0 Å². The number of methoxy groups -OCH3 is 2. The Morgan fingerprint density at radius 1 is 1.29 bits per heavy atom. The van der Waals surface area contributed by atoms with Gasteiger partial charge in [-0.25, -0.2) is 4.79 Å². The van der Waals surface area contributed by atoms with Crippen LogP contribution < -0.4 is 10.1 Å². The van der Waals surface area contributed by atoms with Gasteiger partial charge in [-0.3, -0.25) is 14.5 Å². The molecule has 0 radical (unpaired) electrons. The molecule has 7 nitrogen and oxygen atoms in total. The van der Waals surface area contributed by atoms with Crippen molar-refractivity contribution in [3.05, 3.63) is 29.3 Å². The van der Waals surface area contributed by atoms with Crippen molar-refractivity contribution in [3.8, 4) is 5.75 Å². The van der Waals surface area contributed by atoms with E-state index in [-0.39, 0.29) is 24.8 Å². The molecule has 1 heterocycles. The number of esters is 1. The Morgan fingerprint density at radius 3 is 2.58 bits per heavy atom. The number of imide groups is 1. The van der Waals surface area contributed by atoms with Crippen LogP contribution in [-0.4, -0.2) is 43.6 Å². The first-order valence-corrected chi connectivity index (χ1v) is 7.69. The van der Waals surface area contributed by atoms with Crippen LogP contribution >= 0.6 is 0 Å². The van der Waals surface area contributed by atoms with E-state index in [1.807, 2.05) is 13.0 Å². The molecule has 1 saturated heterocycles. The minimum atomic E-state index is -1.13. The van der Waals surface area contributed by atoms with E-state index in [0.29, 0.717) is 17.7 Å². The van der Waals surface area contributed by atoms with Gasteiger partial charge in [-0.1, -0.05) is 6.07 Å². The molecule has 1 aromatic carbocycles. The van der Waals surface area contributed by atoms with Gasteiger partial charge in [0.05, 0.1) is 14.2 Å². The highest BCUT2D eigenvalue weighted by molar-refractivity contribution is 6.07. The van der Waals surface area contributed by atoms with E-state index >= 15 is 0 Å². The van der Waals surface area contributed by atoms with Gasteiger partial charge >= 0.3 is 12.0 Å². The summed E-state index contributed by atoms with van der Waals surface area (Å²) in [6.45, 7) is 3.72. The molecule has 1 aliphatic rings. The van der Waals surface area contributed by atoms with Crippen LogP contribution in [0.3, 0.4) is 0 Å². The van der Waals surface area contributed by atoms with Crippen LogP contribution in [0.25, 0.3) is 0 Å². The SMILES string of the molecule is COC(=O)CCCN1C(=O)NC(C)(c2ccc(OC)c(C)c2)C1=O. The highest BCUT2D eigenvalue weighted by Crippen LogP contribution is 2.31. The van der Waals surface area contributed by atoms with Gasteiger partial charge in [0, 0.05) is 13.0 Å². The van der Waals surface area contributed by atoms with E-state index in [1.54, 1.807) is 26.2 Å². The van der Waals surface area contributed by atoms with Crippen LogP contribution in [0.15, 0.2) is 18.2 Å². The monoisotopic (exact) mass is 334 g/mol. The Labute approximate surface area is 140 Å². The van der Waals surface area contributed by atoms with Gasteiger partial charge in [0.25, 0.3) is 5.91 Å². The molecule has 0 spiro atoms. The molecule has 24 heavy (non-hydrogen) atoms. The van der Waals surface area contributed by atoms with E-state index in [0.717, 1.165) is 10.5 Å². The standard InChI is InChI=1S/C17H22N2O5/c1-11-10-12(7-8-13(11)23-3)17(2)15(21)19(16(22)18-17)9-5-6-14(20)24-4/h7-8,10H,5-6,9H2,1-4H3,(H,18,22). The van der Waals surface area contributed by atoms with Crippen LogP contribution in [-0.2, 0) is 19.9 Å². The molecule has 2 rings (SSSR count). The van der Waals surface area contributed by atoms with Crippen molar-refractivity contribution in [1.29, 1.82) is 0 Å². The number of benzene rings is 1. The summed E-state index contributed by atoms with van der Waals surface area (Å²) in [5.41, 5.74) is 0.441. The fraction of sp³-hybridized carbons (Fsp3) is 0.471. The topological polar surface area (TPSA) is 84.9 Å². The van der Waals surface area contributed by atoms with Crippen LogP contribution in [0.4, 0.5) is 4.79 Å². The molecule has 0 bridgehead atoms. The third kappa shape index (κ3) is 3.20. The molecule has 0 aliphatic carbocycles. The van der Waals surface area contributed by atoms with E-state index in [4.69, 9.17) is 4.74 Å². The number of urea groups is 1. The Morgan fingerprint density at radius 2 is 2.00 bits per heavy atom. The molecule has 1 unspecified atom stereocenters. The second kappa shape index (κ2) is 6.90. The van der Waals surface area contributed by atoms with E-state index < -0.39 is 11.6 Å². The second-order valence-electron chi connectivity index (χ2n) is 5.88. The molecular formula is C17H22N2O5. The van der Waals surface area contributed by atoms with E-state index in [9.17, 15) is 14.4 Å². The lowest BCUT2D eigenvalue weighted by Crippen LogP contribution is -2.41. The van der Waals surface area contributed by atoms with Crippen molar-refractivity contribution in [2.45, 2.75) is 32.2 Å². The first-order chi connectivity index (χ1) is 11.3. The summed E-state index contributed by atoms with van der Waals surface area (Å²) in [7, 11) is 2.88. The van der Waals surface area contributed by atoms with Gasteiger partial charge in [-0.05, 0) is 43.5 Å². The third-order valence-electron chi connectivity index (χ3n) is 4.24. The van der Waals surface area contributed by atoms with Gasteiger partial charge in [-0.15, -0.1) is 0 Å². The maximum atomic E-state index is 12.7. The van der Waals surface area contributed by atoms with Crippen molar-refractivity contribution in [2.24, 2.45) is 0 Å².